The first kappa shape index (κ1) is 22.1. The van der Waals surface area contributed by atoms with Gasteiger partial charge in [0, 0.05) is 33.2 Å². The fourth-order valence-corrected chi connectivity index (χ4v) is 3.56. The van der Waals surface area contributed by atoms with E-state index >= 15 is 0 Å². The van der Waals surface area contributed by atoms with Gasteiger partial charge in [-0.1, -0.05) is 24.3 Å². The van der Waals surface area contributed by atoms with Gasteiger partial charge >= 0.3 is 0 Å². The third-order valence-corrected chi connectivity index (χ3v) is 5.29. The van der Waals surface area contributed by atoms with Gasteiger partial charge < -0.3 is 20.1 Å². The van der Waals surface area contributed by atoms with Crippen molar-refractivity contribution in [1.82, 2.24) is 15.5 Å². The Bertz CT molecular complexity index is 790. The van der Waals surface area contributed by atoms with Crippen molar-refractivity contribution in [2.24, 2.45) is 4.99 Å². The van der Waals surface area contributed by atoms with Gasteiger partial charge in [0.2, 0.25) is 0 Å². The van der Waals surface area contributed by atoms with Crippen LogP contribution in [0.3, 0.4) is 0 Å². The highest BCUT2D eigenvalue weighted by molar-refractivity contribution is 5.79. The topological polar surface area (TPSA) is 58.1 Å². The van der Waals surface area contributed by atoms with E-state index in [4.69, 9.17) is 9.47 Å². The van der Waals surface area contributed by atoms with E-state index in [2.05, 4.69) is 32.7 Å². The second-order valence-electron chi connectivity index (χ2n) is 7.19. The van der Waals surface area contributed by atoms with Gasteiger partial charge in [-0.15, -0.1) is 0 Å². The minimum atomic E-state index is -0.219. The Morgan fingerprint density at radius 3 is 2.43 bits per heavy atom. The van der Waals surface area contributed by atoms with E-state index in [1.54, 1.807) is 14.2 Å². The van der Waals surface area contributed by atoms with Crippen LogP contribution >= 0.6 is 0 Å². The summed E-state index contributed by atoms with van der Waals surface area (Å²) < 4.78 is 24.1. The zero-order valence-electron chi connectivity index (χ0n) is 17.7. The molecule has 2 aromatic rings. The quantitative estimate of drug-likeness (QED) is 0.514. The van der Waals surface area contributed by atoms with Crippen LogP contribution in [-0.4, -0.2) is 64.4 Å². The second kappa shape index (κ2) is 11.5. The van der Waals surface area contributed by atoms with Gasteiger partial charge in [0.05, 0.1) is 26.4 Å². The Morgan fingerprint density at radius 2 is 1.80 bits per heavy atom. The zero-order valence-corrected chi connectivity index (χ0v) is 17.7. The minimum absolute atomic E-state index is 0.120. The number of halogens is 1. The fraction of sp³-hybridized carbons (Fsp3) is 0.435. The maximum absolute atomic E-state index is 13.4. The summed E-state index contributed by atoms with van der Waals surface area (Å²) in [5.41, 5.74) is 2.32. The van der Waals surface area contributed by atoms with E-state index in [0.29, 0.717) is 19.8 Å². The molecule has 1 fully saturated rings. The molecule has 2 aromatic carbocycles. The summed E-state index contributed by atoms with van der Waals surface area (Å²) in [6.07, 6.45) is 0.884. The molecule has 30 heavy (non-hydrogen) atoms. The summed E-state index contributed by atoms with van der Waals surface area (Å²) in [5.74, 6) is 1.39. The molecule has 1 aliphatic rings. The molecule has 0 spiro atoms. The molecule has 1 heterocycles. The molecule has 2 N–H and O–H groups in total. The fourth-order valence-electron chi connectivity index (χ4n) is 3.56. The molecule has 0 amide bonds. The summed E-state index contributed by atoms with van der Waals surface area (Å²) >= 11 is 0. The van der Waals surface area contributed by atoms with Crippen LogP contribution in [0.25, 0.3) is 0 Å². The van der Waals surface area contributed by atoms with Crippen LogP contribution in [0.4, 0.5) is 4.39 Å². The third kappa shape index (κ3) is 6.43. The van der Waals surface area contributed by atoms with Crippen LogP contribution in [0.1, 0.15) is 17.2 Å². The number of ether oxygens (including phenoxy) is 2. The summed E-state index contributed by atoms with van der Waals surface area (Å²) in [7, 11) is 3.44. The van der Waals surface area contributed by atoms with E-state index in [1.807, 2.05) is 24.3 Å². The molecule has 6 nitrogen and oxygen atoms in total. The highest BCUT2D eigenvalue weighted by Crippen LogP contribution is 2.21. The molecule has 0 radical (unpaired) electrons. The Balaban J connectivity index is 1.54. The number of morpholine rings is 1. The third-order valence-electron chi connectivity index (χ3n) is 5.29. The monoisotopic (exact) mass is 414 g/mol. The van der Waals surface area contributed by atoms with Crippen LogP contribution in [0.5, 0.6) is 5.75 Å². The van der Waals surface area contributed by atoms with E-state index < -0.39 is 0 Å². The highest BCUT2D eigenvalue weighted by atomic mass is 19.1. The average molecular weight is 415 g/mol. The predicted octanol–water partition coefficient (Wildman–Crippen LogP) is 2.62. The maximum Gasteiger partial charge on any atom is 0.191 e. The number of hydrogen-bond acceptors (Lipinski definition) is 4. The molecular formula is C23H31FN4O2. The lowest BCUT2D eigenvalue weighted by Gasteiger charge is -2.35. The molecule has 1 aliphatic heterocycles. The largest absolute Gasteiger partial charge is 0.497 e. The predicted molar refractivity (Wildman–Crippen MR) is 118 cm³/mol. The smallest absolute Gasteiger partial charge is 0.191 e. The number of nitrogens with zero attached hydrogens (tertiary/aromatic N) is 2. The van der Waals surface area contributed by atoms with E-state index in [0.717, 1.165) is 43.3 Å². The molecule has 7 heteroatoms. The van der Waals surface area contributed by atoms with Gasteiger partial charge in [-0.3, -0.25) is 9.89 Å². The first-order valence-electron chi connectivity index (χ1n) is 10.3. The molecule has 1 atom stereocenters. The number of rotatable bonds is 8. The average Bonchev–Trinajstić information content (AvgIpc) is 2.80. The van der Waals surface area contributed by atoms with Gasteiger partial charge in [-0.25, -0.2) is 4.39 Å². The molecule has 162 valence electrons. The van der Waals surface area contributed by atoms with Crippen molar-refractivity contribution in [1.29, 1.82) is 0 Å². The lowest BCUT2D eigenvalue weighted by molar-refractivity contribution is 0.0170. The molecule has 0 aliphatic carbocycles. The van der Waals surface area contributed by atoms with Gasteiger partial charge in [-0.05, 0) is 41.8 Å². The summed E-state index contributed by atoms with van der Waals surface area (Å²) in [5, 5.41) is 6.80. The van der Waals surface area contributed by atoms with Crippen molar-refractivity contribution >= 4 is 5.96 Å². The number of benzene rings is 2. The van der Waals surface area contributed by atoms with Crippen LogP contribution in [-0.2, 0) is 11.2 Å². The van der Waals surface area contributed by atoms with Crippen LogP contribution in [0, 0.1) is 5.82 Å². The zero-order chi connectivity index (χ0) is 21.2. The number of methoxy groups -OCH3 is 1. The number of nitrogens with one attached hydrogen (secondary N) is 2. The van der Waals surface area contributed by atoms with Gasteiger partial charge in [0.15, 0.2) is 5.96 Å². The Kier molecular flexibility index (Phi) is 8.47. The number of guanidine groups is 1. The van der Waals surface area contributed by atoms with Crippen LogP contribution < -0.4 is 15.4 Å². The van der Waals surface area contributed by atoms with Crippen molar-refractivity contribution in [2.45, 2.75) is 12.5 Å². The molecule has 1 unspecified atom stereocenters. The Morgan fingerprint density at radius 1 is 1.10 bits per heavy atom. The standard InChI is InChI=1S/C23H31FN4O2/c1-25-23(26-12-11-18-3-9-21(29-2)10-4-18)27-17-22(28-13-15-30-16-14-28)19-5-7-20(24)8-6-19/h3-10,22H,11-17H2,1-2H3,(H2,25,26,27). The van der Waals surface area contributed by atoms with E-state index in [9.17, 15) is 4.39 Å². The van der Waals surface area contributed by atoms with Crippen molar-refractivity contribution in [3.05, 3.63) is 65.5 Å². The Labute approximate surface area is 178 Å². The Hall–Kier alpha value is -2.64. The lowest BCUT2D eigenvalue weighted by Crippen LogP contribution is -2.46. The van der Waals surface area contributed by atoms with Gasteiger partial charge in [0.1, 0.15) is 11.6 Å². The van der Waals surface area contributed by atoms with Crippen molar-refractivity contribution in [3.8, 4) is 5.75 Å². The number of hydrogen-bond donors (Lipinski definition) is 2. The van der Waals surface area contributed by atoms with Crippen molar-refractivity contribution < 1.29 is 13.9 Å². The van der Waals surface area contributed by atoms with E-state index in [1.165, 1.54) is 17.7 Å². The van der Waals surface area contributed by atoms with Gasteiger partial charge in [0.25, 0.3) is 0 Å². The van der Waals surface area contributed by atoms with E-state index in [-0.39, 0.29) is 11.9 Å². The second-order valence-corrected chi connectivity index (χ2v) is 7.19. The SMILES string of the molecule is CN=C(NCCc1ccc(OC)cc1)NCC(c1ccc(F)cc1)N1CCOCC1. The molecular weight excluding hydrogens is 383 g/mol. The van der Waals surface area contributed by atoms with Gasteiger partial charge in [-0.2, -0.15) is 0 Å². The lowest BCUT2D eigenvalue weighted by atomic mass is 10.0. The maximum atomic E-state index is 13.4. The van der Waals surface area contributed by atoms with Crippen molar-refractivity contribution in [2.75, 3.05) is 53.6 Å². The highest BCUT2D eigenvalue weighted by Gasteiger charge is 2.23. The molecule has 1 saturated heterocycles. The molecule has 0 bridgehead atoms. The molecule has 0 aromatic heterocycles. The normalized spacial score (nSPS) is 16.2. The number of aliphatic imine (C=N–C) groups is 1. The van der Waals surface area contributed by atoms with Crippen molar-refractivity contribution in [3.63, 3.8) is 0 Å². The molecule has 3 rings (SSSR count). The van der Waals surface area contributed by atoms with Crippen LogP contribution in [0.15, 0.2) is 53.5 Å². The minimum Gasteiger partial charge on any atom is -0.497 e. The summed E-state index contributed by atoms with van der Waals surface area (Å²) in [4.78, 5) is 6.71. The molecule has 0 saturated carbocycles. The first-order valence-corrected chi connectivity index (χ1v) is 10.3. The summed E-state index contributed by atoms with van der Waals surface area (Å²) in [6, 6.07) is 15.0. The van der Waals surface area contributed by atoms with Crippen LogP contribution in [0.2, 0.25) is 0 Å². The summed E-state index contributed by atoms with van der Waals surface area (Å²) in [6.45, 7) is 4.58. The first-order chi connectivity index (χ1) is 14.7.